The largest absolute Gasteiger partial charge is 0.359 e. The van der Waals surface area contributed by atoms with Crippen molar-refractivity contribution in [1.29, 1.82) is 0 Å². The van der Waals surface area contributed by atoms with Crippen LogP contribution in [0, 0.1) is 0 Å². The maximum absolute atomic E-state index is 6.12. The second-order valence-electron chi connectivity index (χ2n) is 3.76. The van der Waals surface area contributed by atoms with Gasteiger partial charge in [0, 0.05) is 6.04 Å². The van der Waals surface area contributed by atoms with Gasteiger partial charge in [0.25, 0.3) is 0 Å². The van der Waals surface area contributed by atoms with Gasteiger partial charge in [-0.3, -0.25) is 0 Å². The monoisotopic (exact) mass is 254 g/mol. The van der Waals surface area contributed by atoms with E-state index in [1.807, 2.05) is 18.2 Å². The van der Waals surface area contributed by atoms with E-state index in [-0.39, 0.29) is 0 Å². The number of benzene rings is 1. The highest BCUT2D eigenvalue weighted by molar-refractivity contribution is 7.22. The van der Waals surface area contributed by atoms with Gasteiger partial charge in [0.05, 0.1) is 15.2 Å². The van der Waals surface area contributed by atoms with E-state index < -0.39 is 0 Å². The van der Waals surface area contributed by atoms with Crippen LogP contribution in [0.15, 0.2) is 18.2 Å². The van der Waals surface area contributed by atoms with Crippen molar-refractivity contribution in [1.82, 2.24) is 4.98 Å². The lowest BCUT2D eigenvalue weighted by molar-refractivity contribution is 0.671. The van der Waals surface area contributed by atoms with Crippen LogP contribution in [0.1, 0.15) is 26.7 Å². The van der Waals surface area contributed by atoms with Crippen LogP contribution < -0.4 is 5.32 Å². The van der Waals surface area contributed by atoms with E-state index in [2.05, 4.69) is 24.1 Å². The van der Waals surface area contributed by atoms with Crippen LogP contribution >= 0.6 is 22.9 Å². The molecule has 0 aliphatic carbocycles. The van der Waals surface area contributed by atoms with E-state index in [9.17, 15) is 0 Å². The highest BCUT2D eigenvalue weighted by atomic mass is 35.5. The van der Waals surface area contributed by atoms with Crippen molar-refractivity contribution in [3.05, 3.63) is 23.2 Å². The molecule has 1 aromatic carbocycles. The van der Waals surface area contributed by atoms with Gasteiger partial charge >= 0.3 is 0 Å². The topological polar surface area (TPSA) is 24.9 Å². The molecule has 2 nitrogen and oxygen atoms in total. The third-order valence-electron chi connectivity index (χ3n) is 2.68. The minimum atomic E-state index is 0.499. The number of halogens is 1. The number of rotatable bonds is 4. The molecule has 0 aliphatic heterocycles. The number of hydrogen-bond acceptors (Lipinski definition) is 3. The summed E-state index contributed by atoms with van der Waals surface area (Å²) >= 11 is 7.75. The minimum absolute atomic E-state index is 0.499. The van der Waals surface area contributed by atoms with E-state index in [1.165, 1.54) is 0 Å². The summed E-state index contributed by atoms with van der Waals surface area (Å²) < 4.78 is 1.07. The first-order valence-electron chi connectivity index (χ1n) is 5.56. The number of nitrogens with one attached hydrogen (secondary N) is 1. The molecule has 0 atom stereocenters. The van der Waals surface area contributed by atoms with E-state index in [1.54, 1.807) is 11.3 Å². The van der Waals surface area contributed by atoms with Crippen molar-refractivity contribution in [2.24, 2.45) is 0 Å². The summed E-state index contributed by atoms with van der Waals surface area (Å²) in [6, 6.07) is 6.34. The summed E-state index contributed by atoms with van der Waals surface area (Å²) in [7, 11) is 0. The Hall–Kier alpha value is -0.800. The molecule has 0 fully saturated rings. The fourth-order valence-electron chi connectivity index (χ4n) is 1.64. The molecule has 0 unspecified atom stereocenters. The Balaban J connectivity index is 2.29. The predicted molar refractivity (Wildman–Crippen MR) is 72.6 cm³/mol. The van der Waals surface area contributed by atoms with E-state index >= 15 is 0 Å². The Morgan fingerprint density at radius 3 is 2.75 bits per heavy atom. The van der Waals surface area contributed by atoms with Crippen molar-refractivity contribution < 1.29 is 0 Å². The molecule has 0 spiro atoms. The molecule has 0 radical (unpaired) electrons. The molecule has 0 aliphatic rings. The molecule has 1 heterocycles. The molecule has 1 N–H and O–H groups in total. The van der Waals surface area contributed by atoms with Gasteiger partial charge in [-0.1, -0.05) is 42.9 Å². The first-order chi connectivity index (χ1) is 7.74. The standard InChI is InChI=1S/C12H15ClN2S/c1-3-8(4-2)14-12-15-10-7-5-6-9(13)11(10)16-12/h5-8H,3-4H2,1-2H3,(H,14,15). The molecule has 4 heteroatoms. The summed E-state index contributed by atoms with van der Waals surface area (Å²) in [5.41, 5.74) is 0.978. The van der Waals surface area contributed by atoms with Gasteiger partial charge < -0.3 is 5.32 Å². The molecule has 2 aromatic rings. The van der Waals surface area contributed by atoms with Crippen molar-refractivity contribution >= 4 is 38.3 Å². The number of hydrogen-bond donors (Lipinski definition) is 1. The first kappa shape index (κ1) is 11.7. The zero-order valence-corrected chi connectivity index (χ0v) is 11.0. The SMILES string of the molecule is CCC(CC)Nc1nc2cccc(Cl)c2s1. The zero-order valence-electron chi connectivity index (χ0n) is 9.46. The molecule has 0 amide bonds. The lowest BCUT2D eigenvalue weighted by atomic mass is 10.2. The molecule has 1 aromatic heterocycles. The summed E-state index contributed by atoms with van der Waals surface area (Å²) in [4.78, 5) is 4.53. The number of nitrogens with zero attached hydrogens (tertiary/aromatic N) is 1. The summed E-state index contributed by atoms with van der Waals surface area (Å²) in [5.74, 6) is 0. The van der Waals surface area contributed by atoms with Crippen LogP contribution in [-0.2, 0) is 0 Å². The van der Waals surface area contributed by atoms with Gasteiger partial charge in [0.2, 0.25) is 0 Å². The Morgan fingerprint density at radius 2 is 2.12 bits per heavy atom. The van der Waals surface area contributed by atoms with E-state index in [0.717, 1.165) is 33.2 Å². The Morgan fingerprint density at radius 1 is 1.38 bits per heavy atom. The third-order valence-corrected chi connectivity index (χ3v) is 4.14. The van der Waals surface area contributed by atoms with Crippen LogP contribution in [0.25, 0.3) is 10.2 Å². The van der Waals surface area contributed by atoms with Gasteiger partial charge in [-0.05, 0) is 25.0 Å². The number of anilines is 1. The fraction of sp³-hybridized carbons (Fsp3) is 0.417. The summed E-state index contributed by atoms with van der Waals surface area (Å²) in [5, 5.41) is 5.20. The number of thiazole rings is 1. The average Bonchev–Trinajstić information content (AvgIpc) is 2.70. The molecule has 0 saturated heterocycles. The van der Waals surface area contributed by atoms with Gasteiger partial charge in [0.15, 0.2) is 5.13 Å². The maximum atomic E-state index is 6.12. The maximum Gasteiger partial charge on any atom is 0.184 e. The quantitative estimate of drug-likeness (QED) is 0.866. The molecule has 86 valence electrons. The molecule has 16 heavy (non-hydrogen) atoms. The second kappa shape index (κ2) is 5.02. The molecular formula is C12H15ClN2S. The molecule has 0 saturated carbocycles. The number of aromatic nitrogens is 1. The third kappa shape index (κ3) is 2.30. The van der Waals surface area contributed by atoms with Crippen molar-refractivity contribution in [2.75, 3.05) is 5.32 Å². The summed E-state index contributed by atoms with van der Waals surface area (Å²) in [6.07, 6.45) is 2.22. The van der Waals surface area contributed by atoms with Crippen molar-refractivity contribution in [3.8, 4) is 0 Å². The predicted octanol–water partition coefficient (Wildman–Crippen LogP) is 4.55. The van der Waals surface area contributed by atoms with Crippen LogP contribution in [-0.4, -0.2) is 11.0 Å². The van der Waals surface area contributed by atoms with Gasteiger partial charge in [-0.2, -0.15) is 0 Å². The van der Waals surface area contributed by atoms with Gasteiger partial charge in [0.1, 0.15) is 0 Å². The molecule has 2 rings (SSSR count). The second-order valence-corrected chi connectivity index (χ2v) is 5.17. The molecule has 0 bridgehead atoms. The number of fused-ring (bicyclic) bond motifs is 1. The van der Waals surface area contributed by atoms with Crippen molar-refractivity contribution in [3.63, 3.8) is 0 Å². The van der Waals surface area contributed by atoms with Crippen LogP contribution in [0.5, 0.6) is 0 Å². The normalized spacial score (nSPS) is 11.2. The van der Waals surface area contributed by atoms with Crippen molar-refractivity contribution in [2.45, 2.75) is 32.7 Å². The Bertz CT molecular complexity index is 477. The fourth-order valence-corrected chi connectivity index (χ4v) is 2.88. The highest BCUT2D eigenvalue weighted by Gasteiger charge is 2.09. The smallest absolute Gasteiger partial charge is 0.184 e. The lowest BCUT2D eigenvalue weighted by Gasteiger charge is -2.12. The lowest BCUT2D eigenvalue weighted by Crippen LogP contribution is -2.16. The van der Waals surface area contributed by atoms with Crippen LogP contribution in [0.3, 0.4) is 0 Å². The highest BCUT2D eigenvalue weighted by Crippen LogP contribution is 2.32. The van der Waals surface area contributed by atoms with Crippen LogP contribution in [0.4, 0.5) is 5.13 Å². The van der Waals surface area contributed by atoms with Gasteiger partial charge in [-0.25, -0.2) is 4.98 Å². The summed E-state index contributed by atoms with van der Waals surface area (Å²) in [6.45, 7) is 4.36. The first-order valence-corrected chi connectivity index (χ1v) is 6.75. The Labute approximate surface area is 105 Å². The Kier molecular flexibility index (Phi) is 3.66. The average molecular weight is 255 g/mol. The van der Waals surface area contributed by atoms with Gasteiger partial charge in [-0.15, -0.1) is 0 Å². The molecular weight excluding hydrogens is 240 g/mol. The zero-order chi connectivity index (χ0) is 11.5. The van der Waals surface area contributed by atoms with Crippen LogP contribution in [0.2, 0.25) is 5.02 Å². The van der Waals surface area contributed by atoms with E-state index in [4.69, 9.17) is 11.6 Å². The van der Waals surface area contributed by atoms with E-state index in [0.29, 0.717) is 6.04 Å². The minimum Gasteiger partial charge on any atom is -0.359 e.